The first-order valence-corrected chi connectivity index (χ1v) is 19.5. The molecular formula is C43H72O5. The minimum Gasteiger partial charge on any atom is -0.462 e. The minimum atomic E-state index is -0.805. The maximum absolute atomic E-state index is 12.1. The van der Waals surface area contributed by atoms with Gasteiger partial charge in [-0.05, 0) is 77.0 Å². The van der Waals surface area contributed by atoms with E-state index in [1.807, 2.05) is 0 Å². The van der Waals surface area contributed by atoms with Crippen LogP contribution in [0.15, 0.2) is 72.9 Å². The zero-order valence-corrected chi connectivity index (χ0v) is 31.0. The lowest BCUT2D eigenvalue weighted by Gasteiger charge is -2.15. The summed E-state index contributed by atoms with van der Waals surface area (Å²) in [7, 11) is 0. The van der Waals surface area contributed by atoms with E-state index in [2.05, 4.69) is 86.8 Å². The second-order valence-electron chi connectivity index (χ2n) is 12.6. The highest BCUT2D eigenvalue weighted by atomic mass is 16.6. The average molecular weight is 669 g/mol. The number of hydrogen-bond donors (Lipinski definition) is 1. The van der Waals surface area contributed by atoms with E-state index >= 15 is 0 Å². The fourth-order valence-electron chi connectivity index (χ4n) is 5.05. The van der Waals surface area contributed by atoms with Crippen LogP contribution in [0.5, 0.6) is 0 Å². The largest absolute Gasteiger partial charge is 0.462 e. The van der Waals surface area contributed by atoms with Crippen LogP contribution in [0.2, 0.25) is 0 Å². The zero-order chi connectivity index (χ0) is 35.0. The molecule has 5 heteroatoms. The van der Waals surface area contributed by atoms with E-state index in [4.69, 9.17) is 9.47 Å². The lowest BCUT2D eigenvalue weighted by molar-refractivity contribution is -0.161. The molecule has 0 radical (unpaired) electrons. The van der Waals surface area contributed by atoms with Crippen molar-refractivity contribution in [3.63, 3.8) is 0 Å². The Morgan fingerprint density at radius 3 is 1.44 bits per heavy atom. The summed E-state index contributed by atoms with van der Waals surface area (Å²) in [5.41, 5.74) is 0. The Hall–Kier alpha value is -2.66. The van der Waals surface area contributed by atoms with Crippen molar-refractivity contribution in [1.29, 1.82) is 0 Å². The Kier molecular flexibility index (Phi) is 36.6. The van der Waals surface area contributed by atoms with Gasteiger partial charge in [0.2, 0.25) is 0 Å². The fraction of sp³-hybridized carbons (Fsp3) is 0.674. The third-order valence-corrected chi connectivity index (χ3v) is 7.98. The molecule has 48 heavy (non-hydrogen) atoms. The van der Waals surface area contributed by atoms with Gasteiger partial charge in [0.25, 0.3) is 0 Å². The molecule has 0 aliphatic heterocycles. The molecule has 0 spiro atoms. The third-order valence-electron chi connectivity index (χ3n) is 7.98. The van der Waals surface area contributed by atoms with Gasteiger partial charge in [0.05, 0.1) is 6.61 Å². The van der Waals surface area contributed by atoms with E-state index in [9.17, 15) is 14.7 Å². The molecule has 0 unspecified atom stereocenters. The summed E-state index contributed by atoms with van der Waals surface area (Å²) in [6.45, 7) is 3.96. The van der Waals surface area contributed by atoms with Crippen LogP contribution in [0.1, 0.15) is 168 Å². The number of esters is 2. The number of carbonyl (C=O) groups excluding carboxylic acids is 2. The Labute approximate surface area is 295 Å². The zero-order valence-electron chi connectivity index (χ0n) is 31.0. The number of rotatable bonds is 34. The van der Waals surface area contributed by atoms with Crippen LogP contribution in [-0.4, -0.2) is 36.4 Å². The number of carbonyl (C=O) groups is 2. The van der Waals surface area contributed by atoms with Gasteiger partial charge in [0.15, 0.2) is 6.10 Å². The van der Waals surface area contributed by atoms with Gasteiger partial charge in [-0.3, -0.25) is 9.59 Å². The van der Waals surface area contributed by atoms with Gasteiger partial charge in [-0.15, -0.1) is 0 Å². The molecule has 5 nitrogen and oxygen atoms in total. The Morgan fingerprint density at radius 2 is 0.917 bits per heavy atom. The Bertz CT molecular complexity index is 895. The molecule has 0 aliphatic carbocycles. The molecule has 0 saturated heterocycles. The highest BCUT2D eigenvalue weighted by molar-refractivity contribution is 5.70. The SMILES string of the molecule is CC/C=C/C/C=C/C/C=C/C/C=C/C/C=C/CCCC(=O)O[C@@H](CO)COC(=O)CCCCCCCCC/C=C/CCCCCCCC. The standard InChI is InChI=1S/C43H72O5/c1-3-5-7-9-11-13-15-17-19-21-23-25-27-29-31-33-35-37-42(45)47-40-41(39-44)48-43(46)38-36-34-32-30-28-26-24-22-20-18-16-14-12-10-8-6-4-2/h6,8,12,14,17-20,24,26,30,32,41,44H,3-5,7,9-11,13,15-16,21-23,25,27-29,31,33-40H2,1-2H3/b8-6+,14-12+,19-17+,20-18+,26-24+,32-30+/t41-/m0/s1. The van der Waals surface area contributed by atoms with Crippen molar-refractivity contribution in [2.75, 3.05) is 13.2 Å². The number of unbranched alkanes of at least 4 members (excludes halogenated alkanes) is 14. The lowest BCUT2D eigenvalue weighted by Crippen LogP contribution is -2.28. The van der Waals surface area contributed by atoms with Crippen molar-refractivity contribution < 1.29 is 24.2 Å². The van der Waals surface area contributed by atoms with Gasteiger partial charge in [0.1, 0.15) is 6.61 Å². The van der Waals surface area contributed by atoms with Crippen molar-refractivity contribution >= 4 is 11.9 Å². The van der Waals surface area contributed by atoms with Crippen LogP contribution < -0.4 is 0 Å². The van der Waals surface area contributed by atoms with Crippen LogP contribution >= 0.6 is 0 Å². The summed E-state index contributed by atoms with van der Waals surface area (Å²) in [5.74, 6) is -0.669. The fourth-order valence-corrected chi connectivity index (χ4v) is 5.05. The summed E-state index contributed by atoms with van der Waals surface area (Å²) < 4.78 is 10.6. The van der Waals surface area contributed by atoms with Crippen molar-refractivity contribution in [2.45, 2.75) is 174 Å². The van der Waals surface area contributed by atoms with Crippen LogP contribution in [-0.2, 0) is 19.1 Å². The van der Waals surface area contributed by atoms with Gasteiger partial charge < -0.3 is 14.6 Å². The molecule has 0 bridgehead atoms. The molecule has 0 rings (SSSR count). The van der Waals surface area contributed by atoms with E-state index in [0.29, 0.717) is 12.8 Å². The van der Waals surface area contributed by atoms with Crippen LogP contribution in [0, 0.1) is 0 Å². The molecule has 0 fully saturated rings. The van der Waals surface area contributed by atoms with E-state index < -0.39 is 6.10 Å². The molecule has 0 amide bonds. The van der Waals surface area contributed by atoms with Gasteiger partial charge in [-0.25, -0.2) is 0 Å². The molecular weight excluding hydrogens is 596 g/mol. The Balaban J connectivity index is 3.68. The molecule has 0 aromatic heterocycles. The minimum absolute atomic E-state index is 0.0940. The molecule has 0 aliphatic rings. The topological polar surface area (TPSA) is 72.8 Å². The Morgan fingerprint density at radius 1 is 0.500 bits per heavy atom. The average Bonchev–Trinajstić information content (AvgIpc) is 3.09. The van der Waals surface area contributed by atoms with E-state index in [1.165, 1.54) is 77.0 Å². The number of aliphatic hydroxyl groups excluding tert-OH is 1. The molecule has 0 aromatic carbocycles. The van der Waals surface area contributed by atoms with Crippen LogP contribution in [0.3, 0.4) is 0 Å². The monoisotopic (exact) mass is 669 g/mol. The molecule has 0 heterocycles. The molecule has 0 aromatic rings. The molecule has 1 atom stereocenters. The van der Waals surface area contributed by atoms with Crippen molar-refractivity contribution in [1.82, 2.24) is 0 Å². The van der Waals surface area contributed by atoms with Crippen molar-refractivity contribution in [3.05, 3.63) is 72.9 Å². The van der Waals surface area contributed by atoms with Gasteiger partial charge in [-0.2, -0.15) is 0 Å². The van der Waals surface area contributed by atoms with Crippen molar-refractivity contribution in [3.8, 4) is 0 Å². The highest BCUT2D eigenvalue weighted by Gasteiger charge is 2.15. The summed E-state index contributed by atoms with van der Waals surface area (Å²) in [6.07, 6.45) is 51.1. The van der Waals surface area contributed by atoms with E-state index in [0.717, 1.165) is 57.8 Å². The van der Waals surface area contributed by atoms with Crippen molar-refractivity contribution in [2.24, 2.45) is 0 Å². The number of aliphatic hydroxyl groups is 1. The summed E-state index contributed by atoms with van der Waals surface area (Å²) in [6, 6.07) is 0. The third kappa shape index (κ3) is 36.2. The van der Waals surface area contributed by atoms with Gasteiger partial charge in [0, 0.05) is 12.8 Å². The predicted molar refractivity (Wildman–Crippen MR) is 205 cm³/mol. The quantitative estimate of drug-likeness (QED) is 0.0420. The van der Waals surface area contributed by atoms with Gasteiger partial charge in [-0.1, -0.05) is 151 Å². The smallest absolute Gasteiger partial charge is 0.306 e. The summed E-state index contributed by atoms with van der Waals surface area (Å²) >= 11 is 0. The first-order valence-electron chi connectivity index (χ1n) is 19.5. The first kappa shape index (κ1) is 45.3. The summed E-state index contributed by atoms with van der Waals surface area (Å²) in [5, 5.41) is 9.54. The van der Waals surface area contributed by atoms with Crippen LogP contribution in [0.4, 0.5) is 0 Å². The molecule has 0 saturated carbocycles. The maximum Gasteiger partial charge on any atom is 0.306 e. The molecule has 1 N–H and O–H groups in total. The van der Waals surface area contributed by atoms with E-state index in [-0.39, 0.29) is 31.6 Å². The predicted octanol–water partition coefficient (Wildman–Crippen LogP) is 12.2. The second-order valence-corrected chi connectivity index (χ2v) is 12.6. The number of hydrogen-bond acceptors (Lipinski definition) is 5. The molecule has 274 valence electrons. The lowest BCUT2D eigenvalue weighted by atomic mass is 10.1. The van der Waals surface area contributed by atoms with Crippen LogP contribution in [0.25, 0.3) is 0 Å². The maximum atomic E-state index is 12.1. The first-order chi connectivity index (χ1) is 23.6. The summed E-state index contributed by atoms with van der Waals surface area (Å²) in [4.78, 5) is 24.2. The number of ether oxygens (including phenoxy) is 2. The second kappa shape index (κ2) is 38.8. The highest BCUT2D eigenvalue weighted by Crippen LogP contribution is 2.12. The van der Waals surface area contributed by atoms with E-state index in [1.54, 1.807) is 0 Å². The van der Waals surface area contributed by atoms with Gasteiger partial charge >= 0.3 is 11.9 Å². The number of allylic oxidation sites excluding steroid dienone is 12. The normalized spacial score (nSPS) is 13.0.